The van der Waals surface area contributed by atoms with E-state index >= 15 is 0 Å². The van der Waals surface area contributed by atoms with Crippen molar-refractivity contribution in [3.63, 3.8) is 0 Å². The lowest BCUT2D eigenvalue weighted by molar-refractivity contribution is -0.137. The monoisotopic (exact) mass is 468 g/mol. The lowest BCUT2D eigenvalue weighted by atomic mass is 10.1. The molecule has 0 unspecified atom stereocenters. The quantitative estimate of drug-likeness (QED) is 0.503. The Morgan fingerprint density at radius 2 is 1.65 bits per heavy atom. The van der Waals surface area contributed by atoms with Crippen LogP contribution in [0.4, 0.5) is 24.5 Å². The molecular weight excluding hydrogens is 453 g/mol. The molecule has 0 fully saturated rings. The number of nitrogens with one attached hydrogen (secondary N) is 2. The first-order valence-corrected chi connectivity index (χ1v) is 10.7. The van der Waals surface area contributed by atoms with Crippen molar-refractivity contribution < 1.29 is 26.4 Å². The highest BCUT2D eigenvalue weighted by molar-refractivity contribution is 7.92. The molecule has 0 saturated carbocycles. The Bertz CT molecular complexity index is 1230. The smallest absolute Gasteiger partial charge is 0.322 e. The molecule has 3 rings (SSSR count). The van der Waals surface area contributed by atoms with Crippen molar-refractivity contribution in [2.45, 2.75) is 18.0 Å². The van der Waals surface area contributed by atoms with Crippen LogP contribution in [0.5, 0.6) is 0 Å². The number of aryl methyl sites for hydroxylation is 1. The van der Waals surface area contributed by atoms with E-state index in [-0.39, 0.29) is 21.8 Å². The Balaban J connectivity index is 1.86. The molecule has 31 heavy (non-hydrogen) atoms. The van der Waals surface area contributed by atoms with Crippen molar-refractivity contribution in [2.24, 2.45) is 0 Å². The third-order valence-corrected chi connectivity index (χ3v) is 6.04. The largest absolute Gasteiger partial charge is 0.417 e. The number of hydrogen-bond donors (Lipinski definition) is 2. The van der Waals surface area contributed by atoms with Gasteiger partial charge in [0.1, 0.15) is 0 Å². The van der Waals surface area contributed by atoms with Gasteiger partial charge in [-0.05, 0) is 55.0 Å². The normalized spacial score (nSPS) is 11.8. The minimum absolute atomic E-state index is 0.0464. The molecule has 162 valence electrons. The van der Waals surface area contributed by atoms with Crippen LogP contribution in [0.15, 0.2) is 71.6 Å². The van der Waals surface area contributed by atoms with Gasteiger partial charge in [0.25, 0.3) is 15.9 Å². The Morgan fingerprint density at radius 1 is 0.968 bits per heavy atom. The summed E-state index contributed by atoms with van der Waals surface area (Å²) in [4.78, 5) is 12.6. The molecule has 2 N–H and O–H groups in total. The van der Waals surface area contributed by atoms with Crippen LogP contribution >= 0.6 is 11.6 Å². The van der Waals surface area contributed by atoms with E-state index in [2.05, 4.69) is 10.0 Å². The lowest BCUT2D eigenvalue weighted by Crippen LogP contribution is -2.16. The third kappa shape index (κ3) is 5.36. The van der Waals surface area contributed by atoms with Crippen molar-refractivity contribution >= 4 is 38.9 Å². The van der Waals surface area contributed by atoms with Crippen molar-refractivity contribution in [1.82, 2.24) is 0 Å². The number of sulfonamides is 1. The Hall–Kier alpha value is -3.04. The number of rotatable bonds is 5. The molecule has 0 saturated heterocycles. The van der Waals surface area contributed by atoms with Crippen LogP contribution in [0.1, 0.15) is 21.5 Å². The molecular formula is C21H16ClF3N2O3S. The molecule has 0 aromatic heterocycles. The zero-order valence-electron chi connectivity index (χ0n) is 16.0. The van der Waals surface area contributed by atoms with E-state index in [9.17, 15) is 26.4 Å². The van der Waals surface area contributed by atoms with Crippen molar-refractivity contribution in [2.75, 3.05) is 10.0 Å². The first-order chi connectivity index (χ1) is 14.5. The maximum Gasteiger partial charge on any atom is 0.417 e. The van der Waals surface area contributed by atoms with Gasteiger partial charge >= 0.3 is 6.18 Å². The van der Waals surface area contributed by atoms with Gasteiger partial charge in [0.15, 0.2) is 0 Å². The van der Waals surface area contributed by atoms with Crippen LogP contribution in [-0.4, -0.2) is 14.3 Å². The van der Waals surface area contributed by atoms with Crippen LogP contribution < -0.4 is 10.0 Å². The standard InChI is InChI=1S/C21H16ClF3N2O3S/c1-13-7-8-14(11-19(13)27-31(29,30)16-5-3-2-4-6-16)20(28)26-15-9-10-18(22)17(12-15)21(23,24)25/h2-12,27H,1H3,(H,26,28). The molecule has 3 aromatic rings. The number of alkyl halides is 3. The van der Waals surface area contributed by atoms with Gasteiger partial charge in [0, 0.05) is 11.3 Å². The summed E-state index contributed by atoms with van der Waals surface area (Å²) < 4.78 is 66.6. The molecule has 1 amide bonds. The van der Waals surface area contributed by atoms with E-state index in [1.165, 1.54) is 36.4 Å². The van der Waals surface area contributed by atoms with Crippen LogP contribution in [0.25, 0.3) is 0 Å². The summed E-state index contributed by atoms with van der Waals surface area (Å²) in [7, 11) is -3.89. The zero-order chi connectivity index (χ0) is 22.8. The minimum Gasteiger partial charge on any atom is -0.322 e. The predicted molar refractivity (Wildman–Crippen MR) is 113 cm³/mol. The summed E-state index contributed by atoms with van der Waals surface area (Å²) in [5.41, 5.74) is -0.397. The summed E-state index contributed by atoms with van der Waals surface area (Å²) in [5.74, 6) is -0.712. The van der Waals surface area contributed by atoms with Crippen LogP contribution in [0, 0.1) is 6.92 Å². The molecule has 0 aliphatic carbocycles. The fourth-order valence-electron chi connectivity index (χ4n) is 2.70. The number of anilines is 2. The first kappa shape index (κ1) is 22.6. The van der Waals surface area contributed by atoms with Crippen LogP contribution in [0.3, 0.4) is 0 Å². The number of halogens is 4. The molecule has 0 aliphatic heterocycles. The van der Waals surface area contributed by atoms with Gasteiger partial charge in [-0.1, -0.05) is 35.9 Å². The molecule has 10 heteroatoms. The van der Waals surface area contributed by atoms with Crippen LogP contribution in [0.2, 0.25) is 5.02 Å². The molecule has 0 atom stereocenters. The van der Waals surface area contributed by atoms with E-state index < -0.39 is 32.7 Å². The fraction of sp³-hybridized carbons (Fsp3) is 0.0952. The number of hydrogen-bond acceptors (Lipinski definition) is 3. The summed E-state index contributed by atoms with van der Waals surface area (Å²) in [6.45, 7) is 1.65. The van der Waals surface area contributed by atoms with Gasteiger partial charge in [0.05, 0.1) is 21.2 Å². The van der Waals surface area contributed by atoms with E-state index in [1.807, 2.05) is 0 Å². The Kier molecular flexibility index (Phi) is 6.28. The fourth-order valence-corrected chi connectivity index (χ4v) is 4.07. The summed E-state index contributed by atoms with van der Waals surface area (Å²) >= 11 is 5.59. The van der Waals surface area contributed by atoms with E-state index in [0.717, 1.165) is 12.1 Å². The van der Waals surface area contributed by atoms with E-state index in [1.54, 1.807) is 25.1 Å². The highest BCUT2D eigenvalue weighted by Crippen LogP contribution is 2.36. The number of amides is 1. The third-order valence-electron chi connectivity index (χ3n) is 4.33. The molecule has 0 heterocycles. The van der Waals surface area contributed by atoms with E-state index in [4.69, 9.17) is 11.6 Å². The van der Waals surface area contributed by atoms with E-state index in [0.29, 0.717) is 5.56 Å². The SMILES string of the molecule is Cc1ccc(C(=O)Nc2ccc(Cl)c(C(F)(F)F)c2)cc1NS(=O)(=O)c1ccccc1. The Labute approximate surface area is 181 Å². The average Bonchev–Trinajstić information content (AvgIpc) is 2.70. The second kappa shape index (κ2) is 8.60. The van der Waals surface area contributed by atoms with Gasteiger partial charge in [0.2, 0.25) is 0 Å². The zero-order valence-corrected chi connectivity index (χ0v) is 17.6. The summed E-state index contributed by atoms with van der Waals surface area (Å²) in [6, 6.07) is 15.0. The maximum absolute atomic E-state index is 13.0. The molecule has 5 nitrogen and oxygen atoms in total. The second-order valence-corrected chi connectivity index (χ2v) is 8.68. The van der Waals surface area contributed by atoms with Gasteiger partial charge < -0.3 is 5.32 Å². The van der Waals surface area contributed by atoms with Crippen LogP contribution in [-0.2, 0) is 16.2 Å². The highest BCUT2D eigenvalue weighted by atomic mass is 35.5. The summed E-state index contributed by atoms with van der Waals surface area (Å²) in [5, 5.41) is 1.88. The lowest BCUT2D eigenvalue weighted by Gasteiger charge is -2.14. The van der Waals surface area contributed by atoms with Gasteiger partial charge in [-0.3, -0.25) is 9.52 Å². The van der Waals surface area contributed by atoms with Gasteiger partial charge in [-0.25, -0.2) is 8.42 Å². The second-order valence-electron chi connectivity index (χ2n) is 6.59. The van der Waals surface area contributed by atoms with Gasteiger partial charge in [-0.2, -0.15) is 13.2 Å². The highest BCUT2D eigenvalue weighted by Gasteiger charge is 2.33. The topological polar surface area (TPSA) is 75.3 Å². The summed E-state index contributed by atoms with van der Waals surface area (Å²) in [6.07, 6.45) is -4.68. The number of benzene rings is 3. The minimum atomic E-state index is -4.68. The first-order valence-electron chi connectivity index (χ1n) is 8.84. The van der Waals surface area contributed by atoms with Crippen molar-refractivity contribution in [3.8, 4) is 0 Å². The molecule has 0 spiro atoms. The number of carbonyl (C=O) groups is 1. The maximum atomic E-state index is 13.0. The van der Waals surface area contributed by atoms with Crippen molar-refractivity contribution in [1.29, 1.82) is 0 Å². The molecule has 0 radical (unpaired) electrons. The Morgan fingerprint density at radius 3 is 2.29 bits per heavy atom. The molecule has 0 aliphatic rings. The number of carbonyl (C=O) groups excluding carboxylic acids is 1. The average molecular weight is 469 g/mol. The molecule has 3 aromatic carbocycles. The van der Waals surface area contributed by atoms with Gasteiger partial charge in [-0.15, -0.1) is 0 Å². The predicted octanol–water partition coefficient (Wildman–Crippen LogP) is 5.72. The van der Waals surface area contributed by atoms with Crippen molar-refractivity contribution in [3.05, 3.63) is 88.4 Å². The molecule has 0 bridgehead atoms.